The van der Waals surface area contributed by atoms with Crippen molar-refractivity contribution in [3.05, 3.63) is 89.5 Å². The van der Waals surface area contributed by atoms with E-state index in [0.29, 0.717) is 18.0 Å². The zero-order chi connectivity index (χ0) is 26.3. The number of likely N-dealkylation sites (tertiary alicyclic amines) is 1. The minimum absolute atomic E-state index is 0.145. The smallest absolute Gasteiger partial charge is 0.225 e. The van der Waals surface area contributed by atoms with Crippen LogP contribution in [0.25, 0.3) is 11.1 Å². The molecule has 1 amide bonds. The van der Waals surface area contributed by atoms with Crippen molar-refractivity contribution in [3.8, 4) is 22.9 Å². The number of hydrogen-bond acceptors (Lipinski definition) is 5. The lowest BCUT2D eigenvalue weighted by molar-refractivity contribution is -0.137. The molecule has 3 aromatic carbocycles. The summed E-state index contributed by atoms with van der Waals surface area (Å²) in [7, 11) is 1.71. The van der Waals surface area contributed by atoms with Crippen molar-refractivity contribution in [3.63, 3.8) is 0 Å². The molecule has 0 aromatic heterocycles. The molecule has 2 N–H and O–H groups in total. The number of hydrogen-bond donors (Lipinski definition) is 2. The summed E-state index contributed by atoms with van der Waals surface area (Å²) in [5.41, 5.74) is 5.18. The van der Waals surface area contributed by atoms with Gasteiger partial charge in [-0.1, -0.05) is 48.5 Å². The molecule has 0 radical (unpaired) electrons. The number of benzene rings is 3. The van der Waals surface area contributed by atoms with Crippen molar-refractivity contribution in [2.45, 2.75) is 37.8 Å². The molecule has 6 nitrogen and oxygen atoms in total. The van der Waals surface area contributed by atoms with E-state index in [1.807, 2.05) is 36.4 Å². The first kappa shape index (κ1) is 26.0. The van der Waals surface area contributed by atoms with Crippen LogP contribution in [0.15, 0.2) is 72.8 Å². The average Bonchev–Trinajstić information content (AvgIpc) is 3.00. The van der Waals surface area contributed by atoms with E-state index >= 15 is 0 Å². The average molecular weight is 509 g/mol. The number of carbonyl (C=O) groups is 1. The van der Waals surface area contributed by atoms with Gasteiger partial charge in [-0.3, -0.25) is 4.79 Å². The summed E-state index contributed by atoms with van der Waals surface area (Å²) in [5, 5.41) is 16.3. The van der Waals surface area contributed by atoms with Crippen molar-refractivity contribution < 1.29 is 9.53 Å². The molecule has 0 bridgehead atoms. The van der Waals surface area contributed by atoms with Crippen LogP contribution >= 0.6 is 0 Å². The van der Waals surface area contributed by atoms with Crippen molar-refractivity contribution >= 4 is 5.91 Å². The highest BCUT2D eigenvalue weighted by Gasteiger charge is 2.35. The SMILES string of the molecule is COc1ccc(-c2ccc(C#N)cc2)cc1CN[C@H]1CCN(C(=O)C2CCNCC2)C[C@H]1c1ccccc1. The Morgan fingerprint density at radius 1 is 1.03 bits per heavy atom. The topological polar surface area (TPSA) is 77.4 Å². The number of nitriles is 1. The zero-order valence-corrected chi connectivity index (χ0v) is 22.0. The minimum Gasteiger partial charge on any atom is -0.496 e. The first-order valence-electron chi connectivity index (χ1n) is 13.6. The van der Waals surface area contributed by atoms with Crippen molar-refractivity contribution in [1.29, 1.82) is 5.26 Å². The maximum absolute atomic E-state index is 13.4. The second-order valence-corrected chi connectivity index (χ2v) is 10.3. The van der Waals surface area contributed by atoms with Gasteiger partial charge in [0.2, 0.25) is 5.91 Å². The van der Waals surface area contributed by atoms with Crippen LogP contribution in [0.2, 0.25) is 0 Å². The van der Waals surface area contributed by atoms with Crippen LogP contribution in [-0.4, -0.2) is 50.1 Å². The molecule has 2 aliphatic rings. The number of piperidine rings is 2. The Bertz CT molecular complexity index is 1260. The van der Waals surface area contributed by atoms with Crippen molar-refractivity contribution in [2.24, 2.45) is 5.92 Å². The molecule has 6 heteroatoms. The van der Waals surface area contributed by atoms with E-state index in [2.05, 4.69) is 58.0 Å². The van der Waals surface area contributed by atoms with Gasteiger partial charge in [-0.25, -0.2) is 0 Å². The lowest BCUT2D eigenvalue weighted by Gasteiger charge is -2.41. The number of methoxy groups -OCH3 is 1. The molecular formula is C32H36N4O2. The Kier molecular flexibility index (Phi) is 8.37. The summed E-state index contributed by atoms with van der Waals surface area (Å²) in [6.45, 7) is 4.06. The lowest BCUT2D eigenvalue weighted by Crippen LogP contribution is -2.51. The predicted octanol–water partition coefficient (Wildman–Crippen LogP) is 4.71. The van der Waals surface area contributed by atoms with E-state index in [1.54, 1.807) is 7.11 Å². The largest absolute Gasteiger partial charge is 0.496 e. The van der Waals surface area contributed by atoms with Crippen LogP contribution in [0.4, 0.5) is 0 Å². The third-order valence-electron chi connectivity index (χ3n) is 8.02. The summed E-state index contributed by atoms with van der Waals surface area (Å²) >= 11 is 0. The van der Waals surface area contributed by atoms with Crippen LogP contribution in [0.1, 0.15) is 41.9 Å². The third kappa shape index (κ3) is 5.91. The monoisotopic (exact) mass is 508 g/mol. The van der Waals surface area contributed by atoms with Crippen molar-refractivity contribution in [1.82, 2.24) is 15.5 Å². The van der Waals surface area contributed by atoms with E-state index in [9.17, 15) is 4.79 Å². The number of rotatable bonds is 7. The Morgan fingerprint density at radius 2 is 1.76 bits per heavy atom. The van der Waals surface area contributed by atoms with Crippen LogP contribution in [0, 0.1) is 17.2 Å². The molecule has 3 aromatic rings. The fraction of sp³-hybridized carbons (Fsp3) is 0.375. The quantitative estimate of drug-likeness (QED) is 0.484. The second kappa shape index (κ2) is 12.3. The first-order chi connectivity index (χ1) is 18.7. The fourth-order valence-corrected chi connectivity index (χ4v) is 5.84. The Balaban J connectivity index is 1.33. The van der Waals surface area contributed by atoms with Gasteiger partial charge in [0.05, 0.1) is 18.7 Å². The van der Waals surface area contributed by atoms with Gasteiger partial charge < -0.3 is 20.3 Å². The molecule has 2 atom stereocenters. The Labute approximate surface area is 225 Å². The summed E-state index contributed by atoms with van der Waals surface area (Å²) < 4.78 is 5.70. The molecular weight excluding hydrogens is 472 g/mol. The fourth-order valence-electron chi connectivity index (χ4n) is 5.84. The molecule has 196 valence electrons. The maximum Gasteiger partial charge on any atom is 0.225 e. The molecule has 0 spiro atoms. The summed E-state index contributed by atoms with van der Waals surface area (Å²) in [6.07, 6.45) is 2.78. The molecule has 2 heterocycles. The van der Waals surface area contributed by atoms with Gasteiger partial charge in [-0.05, 0) is 73.3 Å². The molecule has 0 aliphatic carbocycles. The molecule has 2 fully saturated rings. The molecule has 2 saturated heterocycles. The molecule has 2 aliphatic heterocycles. The van der Waals surface area contributed by atoms with E-state index in [-0.39, 0.29) is 17.9 Å². The highest BCUT2D eigenvalue weighted by atomic mass is 16.5. The van der Waals surface area contributed by atoms with Gasteiger partial charge in [0.25, 0.3) is 0 Å². The predicted molar refractivity (Wildman–Crippen MR) is 150 cm³/mol. The van der Waals surface area contributed by atoms with E-state index in [0.717, 1.165) is 67.9 Å². The molecule has 0 unspecified atom stereocenters. The van der Waals surface area contributed by atoms with Crippen LogP contribution in [0.3, 0.4) is 0 Å². The number of carbonyl (C=O) groups excluding carboxylic acids is 1. The zero-order valence-electron chi connectivity index (χ0n) is 22.0. The van der Waals surface area contributed by atoms with Gasteiger partial charge in [-0.15, -0.1) is 0 Å². The Morgan fingerprint density at radius 3 is 2.47 bits per heavy atom. The molecule has 38 heavy (non-hydrogen) atoms. The summed E-state index contributed by atoms with van der Waals surface area (Å²) in [5.74, 6) is 1.54. The van der Waals surface area contributed by atoms with Gasteiger partial charge >= 0.3 is 0 Å². The second-order valence-electron chi connectivity index (χ2n) is 10.3. The van der Waals surface area contributed by atoms with Crippen LogP contribution < -0.4 is 15.4 Å². The summed E-state index contributed by atoms with van der Waals surface area (Å²) in [6, 6.07) is 26.9. The number of nitrogens with one attached hydrogen (secondary N) is 2. The van der Waals surface area contributed by atoms with E-state index in [1.165, 1.54) is 5.56 Å². The van der Waals surface area contributed by atoms with Crippen LogP contribution in [0.5, 0.6) is 5.75 Å². The number of amides is 1. The maximum atomic E-state index is 13.4. The number of ether oxygens (including phenoxy) is 1. The van der Waals surface area contributed by atoms with Gasteiger partial charge in [-0.2, -0.15) is 5.26 Å². The van der Waals surface area contributed by atoms with Gasteiger partial charge in [0.1, 0.15) is 5.75 Å². The highest BCUT2D eigenvalue weighted by molar-refractivity contribution is 5.79. The van der Waals surface area contributed by atoms with E-state index < -0.39 is 0 Å². The van der Waals surface area contributed by atoms with Crippen LogP contribution in [-0.2, 0) is 11.3 Å². The normalized spacial score (nSPS) is 20.1. The standard InChI is InChI=1S/C32H36N4O2/c1-38-31-12-11-27(24-9-7-23(20-33)8-10-24)19-28(31)21-35-30-15-18-36(32(37)26-13-16-34-17-14-26)22-29(30)25-5-3-2-4-6-25/h2-12,19,26,29-30,34-35H,13-18,21-22H2,1H3/t29-,30-/m0/s1. The molecule has 5 rings (SSSR count). The van der Waals surface area contributed by atoms with E-state index in [4.69, 9.17) is 10.00 Å². The van der Waals surface area contributed by atoms with Gasteiger partial charge in [0.15, 0.2) is 0 Å². The third-order valence-corrected chi connectivity index (χ3v) is 8.02. The number of nitrogens with zero attached hydrogens (tertiary/aromatic N) is 2. The summed E-state index contributed by atoms with van der Waals surface area (Å²) in [4.78, 5) is 15.5. The highest BCUT2D eigenvalue weighted by Crippen LogP contribution is 2.31. The van der Waals surface area contributed by atoms with Crippen molar-refractivity contribution in [2.75, 3.05) is 33.3 Å². The lowest BCUT2D eigenvalue weighted by atomic mass is 9.84. The first-order valence-corrected chi connectivity index (χ1v) is 13.6. The Hall–Kier alpha value is -3.66. The minimum atomic E-state index is 0.145. The van der Waals surface area contributed by atoms with Gasteiger partial charge in [0, 0.05) is 43.1 Å². The molecule has 0 saturated carbocycles.